The average Bonchev–Trinajstić information content (AvgIpc) is 3.17. The summed E-state index contributed by atoms with van der Waals surface area (Å²) >= 11 is 7.50. The molecule has 1 saturated carbocycles. The number of carboxylic acid groups (broad SMARTS) is 1. The quantitative estimate of drug-likeness (QED) is 0.599. The van der Waals surface area contributed by atoms with Crippen molar-refractivity contribution in [2.45, 2.75) is 18.8 Å². The zero-order valence-electron chi connectivity index (χ0n) is 13.7. The molecule has 0 spiro atoms. The number of aromatic amines is 1. The number of thiophene rings is 1. The minimum Gasteiger partial charge on any atom is -0.465 e. The van der Waals surface area contributed by atoms with E-state index >= 15 is 0 Å². The topological polar surface area (TPSA) is 107 Å². The Labute approximate surface area is 157 Å². The molecule has 26 heavy (non-hydrogen) atoms. The van der Waals surface area contributed by atoms with E-state index in [1.807, 2.05) is 6.07 Å². The molecule has 4 rings (SSSR count). The molecule has 1 amide bonds. The second kappa shape index (κ2) is 6.58. The molecule has 0 unspecified atom stereocenters. The van der Waals surface area contributed by atoms with Crippen LogP contribution in [0.15, 0.2) is 24.4 Å². The number of nitrogens with one attached hydrogen (secondary N) is 2. The maximum atomic E-state index is 11.1. The molecule has 10 heteroatoms. The lowest BCUT2D eigenvalue weighted by Gasteiger charge is -2.09. The van der Waals surface area contributed by atoms with Gasteiger partial charge in [-0.3, -0.25) is 10.00 Å². The Hall–Kier alpha value is -2.65. The fourth-order valence-corrected chi connectivity index (χ4v) is 3.45. The largest absolute Gasteiger partial charge is 0.465 e. The van der Waals surface area contributed by atoms with Gasteiger partial charge in [0.1, 0.15) is 15.8 Å². The number of carbonyl (C=O) groups is 1. The van der Waals surface area contributed by atoms with E-state index in [0.717, 1.165) is 21.3 Å². The molecule has 0 radical (unpaired) electrons. The minimum atomic E-state index is -1.02. The molecule has 1 fully saturated rings. The summed E-state index contributed by atoms with van der Waals surface area (Å²) in [5, 5.41) is 20.4. The second-order valence-electron chi connectivity index (χ2n) is 5.98. The van der Waals surface area contributed by atoms with Gasteiger partial charge in [-0.2, -0.15) is 5.10 Å². The number of H-pyrrole nitrogens is 1. The smallest absolute Gasteiger partial charge is 0.412 e. The Bertz CT molecular complexity index is 967. The summed E-state index contributed by atoms with van der Waals surface area (Å²) in [7, 11) is 1.49. The Morgan fingerprint density at radius 1 is 1.46 bits per heavy atom. The average molecular weight is 391 g/mol. The van der Waals surface area contributed by atoms with Gasteiger partial charge in [-0.15, -0.1) is 11.3 Å². The van der Waals surface area contributed by atoms with Gasteiger partial charge in [0.2, 0.25) is 0 Å². The van der Waals surface area contributed by atoms with Crippen molar-refractivity contribution in [2.24, 2.45) is 0 Å². The minimum absolute atomic E-state index is 0.385. The van der Waals surface area contributed by atoms with E-state index in [4.69, 9.17) is 16.7 Å². The van der Waals surface area contributed by atoms with Gasteiger partial charge in [0, 0.05) is 19.0 Å². The van der Waals surface area contributed by atoms with Crippen LogP contribution in [-0.4, -0.2) is 38.4 Å². The first kappa shape index (κ1) is 16.8. The van der Waals surface area contributed by atoms with Crippen LogP contribution < -0.4 is 10.2 Å². The normalized spacial score (nSPS) is 13.6. The first-order valence-corrected chi connectivity index (χ1v) is 9.12. The monoisotopic (exact) mass is 390 g/mol. The van der Waals surface area contributed by atoms with Gasteiger partial charge in [0.15, 0.2) is 11.6 Å². The van der Waals surface area contributed by atoms with Crippen molar-refractivity contribution in [1.82, 2.24) is 20.2 Å². The summed E-state index contributed by atoms with van der Waals surface area (Å²) in [6.07, 6.45) is 2.84. The molecule has 0 aromatic carbocycles. The van der Waals surface area contributed by atoms with Crippen molar-refractivity contribution in [3.8, 4) is 10.7 Å². The van der Waals surface area contributed by atoms with E-state index in [-0.39, 0.29) is 0 Å². The molecule has 0 atom stereocenters. The number of halogens is 1. The zero-order valence-corrected chi connectivity index (χ0v) is 15.3. The summed E-state index contributed by atoms with van der Waals surface area (Å²) in [4.78, 5) is 21.7. The maximum absolute atomic E-state index is 11.1. The molecule has 0 aliphatic heterocycles. The van der Waals surface area contributed by atoms with Crippen LogP contribution >= 0.6 is 22.9 Å². The summed E-state index contributed by atoms with van der Waals surface area (Å²) < 4.78 is 0. The number of hydrogen-bond acceptors (Lipinski definition) is 6. The van der Waals surface area contributed by atoms with Crippen molar-refractivity contribution in [2.75, 3.05) is 17.3 Å². The van der Waals surface area contributed by atoms with Crippen LogP contribution in [0.2, 0.25) is 5.02 Å². The third kappa shape index (κ3) is 3.35. The van der Waals surface area contributed by atoms with Gasteiger partial charge < -0.3 is 10.4 Å². The highest BCUT2D eigenvalue weighted by Gasteiger charge is 2.26. The summed E-state index contributed by atoms with van der Waals surface area (Å²) in [6.45, 7) is 0. The van der Waals surface area contributed by atoms with E-state index in [0.29, 0.717) is 27.6 Å². The number of amides is 1. The van der Waals surface area contributed by atoms with Crippen LogP contribution in [0.25, 0.3) is 10.7 Å². The lowest BCUT2D eigenvalue weighted by atomic mass is 10.3. The van der Waals surface area contributed by atoms with Crippen molar-refractivity contribution >= 4 is 45.7 Å². The highest BCUT2D eigenvalue weighted by Crippen LogP contribution is 2.40. The van der Waals surface area contributed by atoms with E-state index in [1.54, 1.807) is 12.1 Å². The highest BCUT2D eigenvalue weighted by molar-refractivity contribution is 7.19. The Morgan fingerprint density at radius 2 is 2.27 bits per heavy atom. The first-order valence-electron chi connectivity index (χ1n) is 7.93. The van der Waals surface area contributed by atoms with Gasteiger partial charge in [0.25, 0.3) is 0 Å². The van der Waals surface area contributed by atoms with Gasteiger partial charge >= 0.3 is 6.09 Å². The van der Waals surface area contributed by atoms with E-state index < -0.39 is 6.09 Å². The van der Waals surface area contributed by atoms with Crippen molar-refractivity contribution in [3.05, 3.63) is 35.1 Å². The van der Waals surface area contributed by atoms with Crippen LogP contribution in [-0.2, 0) is 0 Å². The molecule has 3 N–H and O–H groups in total. The Morgan fingerprint density at radius 3 is 3.00 bits per heavy atom. The molecule has 8 nitrogen and oxygen atoms in total. The van der Waals surface area contributed by atoms with Gasteiger partial charge in [0.05, 0.1) is 16.8 Å². The van der Waals surface area contributed by atoms with Crippen molar-refractivity contribution in [3.63, 3.8) is 0 Å². The maximum Gasteiger partial charge on any atom is 0.412 e. The van der Waals surface area contributed by atoms with Crippen LogP contribution in [0.3, 0.4) is 0 Å². The van der Waals surface area contributed by atoms with Gasteiger partial charge in [-0.05, 0) is 25.0 Å². The first-order chi connectivity index (χ1) is 12.5. The highest BCUT2D eigenvalue weighted by atomic mass is 35.5. The van der Waals surface area contributed by atoms with Crippen molar-refractivity contribution in [1.29, 1.82) is 0 Å². The van der Waals surface area contributed by atoms with Gasteiger partial charge in [-0.1, -0.05) is 11.6 Å². The molecular weight excluding hydrogens is 376 g/mol. The number of aromatic nitrogens is 4. The summed E-state index contributed by atoms with van der Waals surface area (Å²) in [5.74, 6) is 2.20. The molecule has 1 aliphatic rings. The van der Waals surface area contributed by atoms with Crippen LogP contribution in [0.5, 0.6) is 0 Å². The number of hydrogen-bond donors (Lipinski definition) is 3. The van der Waals surface area contributed by atoms with E-state index in [2.05, 4.69) is 25.5 Å². The van der Waals surface area contributed by atoms with Crippen LogP contribution in [0.1, 0.15) is 24.5 Å². The number of nitrogens with zero attached hydrogens (tertiary/aromatic N) is 4. The van der Waals surface area contributed by atoms with Crippen LogP contribution in [0, 0.1) is 0 Å². The summed E-state index contributed by atoms with van der Waals surface area (Å²) in [6, 6.07) is 5.46. The molecule has 3 aromatic rings. The molecule has 0 bridgehead atoms. The lowest BCUT2D eigenvalue weighted by Crippen LogP contribution is -2.22. The third-order valence-electron chi connectivity index (χ3n) is 4.02. The number of rotatable bonds is 5. The molecular formula is C16H15ClN6O2S. The molecule has 3 aromatic heterocycles. The molecule has 0 saturated heterocycles. The lowest BCUT2D eigenvalue weighted by molar-refractivity contribution is 0.203. The van der Waals surface area contributed by atoms with E-state index in [9.17, 15) is 4.79 Å². The Balaban J connectivity index is 1.58. The molecule has 134 valence electrons. The SMILES string of the molecule is CN(C(=O)O)c1ccc(-c2ncc(Cl)c(Nc3cc(C4CC4)n[nH]3)n2)s1. The second-order valence-corrected chi connectivity index (χ2v) is 7.44. The fourth-order valence-electron chi connectivity index (χ4n) is 2.41. The number of anilines is 3. The van der Waals surface area contributed by atoms with Crippen LogP contribution in [0.4, 0.5) is 21.4 Å². The zero-order chi connectivity index (χ0) is 18.3. The molecule has 3 heterocycles. The fraction of sp³-hybridized carbons (Fsp3) is 0.250. The van der Waals surface area contributed by atoms with Crippen molar-refractivity contribution < 1.29 is 9.90 Å². The predicted octanol–water partition coefficient (Wildman–Crippen LogP) is 4.32. The molecule has 1 aliphatic carbocycles. The summed E-state index contributed by atoms with van der Waals surface area (Å²) in [5.41, 5.74) is 1.04. The van der Waals surface area contributed by atoms with Gasteiger partial charge in [-0.25, -0.2) is 14.8 Å². The standard InChI is InChI=1S/C16H15ClN6O2S/c1-23(16(24)25)13-5-4-11(26-13)15-18-7-9(17)14(20-15)19-12-6-10(21-22-12)8-2-3-8/h4-8H,2-3H2,1H3,(H,24,25)(H2,18,19,20,21,22). The Kier molecular flexibility index (Phi) is 4.25. The van der Waals surface area contributed by atoms with E-state index in [1.165, 1.54) is 37.4 Å². The predicted molar refractivity (Wildman–Crippen MR) is 101 cm³/mol. The third-order valence-corrected chi connectivity index (χ3v) is 5.45.